The number of piperazine rings is 1. The van der Waals surface area contributed by atoms with E-state index >= 15 is 0 Å². The molecular formula is C21H22FN3O2. The maximum Gasteiger partial charge on any atom is 0.266 e. The SMILES string of the molecule is O=C([C@H]1CC(c2ccc(F)cc2)=NO1)N1CCN(Cc2ccccc2)CC1. The highest BCUT2D eigenvalue weighted by atomic mass is 19.1. The third-order valence-electron chi connectivity index (χ3n) is 5.05. The topological polar surface area (TPSA) is 45.1 Å². The van der Waals surface area contributed by atoms with Crippen LogP contribution in [0.2, 0.25) is 0 Å². The molecule has 2 aromatic rings. The second-order valence-electron chi connectivity index (χ2n) is 6.93. The molecule has 0 aliphatic carbocycles. The third-order valence-corrected chi connectivity index (χ3v) is 5.05. The number of hydrogen-bond acceptors (Lipinski definition) is 4. The van der Waals surface area contributed by atoms with E-state index in [9.17, 15) is 9.18 Å². The summed E-state index contributed by atoms with van der Waals surface area (Å²) in [5.41, 5.74) is 2.77. The number of carbonyl (C=O) groups excluding carboxylic acids is 1. The van der Waals surface area contributed by atoms with Gasteiger partial charge in [-0.05, 0) is 23.3 Å². The number of oxime groups is 1. The summed E-state index contributed by atoms with van der Waals surface area (Å²) < 4.78 is 13.1. The lowest BCUT2D eigenvalue weighted by Gasteiger charge is -2.35. The Morgan fingerprint density at radius 1 is 1.04 bits per heavy atom. The third kappa shape index (κ3) is 4.17. The molecule has 0 aromatic heterocycles. The van der Waals surface area contributed by atoms with Gasteiger partial charge in [0.25, 0.3) is 5.91 Å². The standard InChI is InChI=1S/C21H22FN3O2/c22-18-8-6-17(7-9-18)19-14-20(27-23-19)21(26)25-12-10-24(11-13-25)15-16-4-2-1-3-5-16/h1-9,20H,10-15H2/t20-/m1/s1. The maximum atomic E-state index is 13.1. The Hall–Kier alpha value is -2.73. The molecule has 1 saturated heterocycles. The molecule has 2 heterocycles. The highest BCUT2D eigenvalue weighted by Crippen LogP contribution is 2.20. The number of amides is 1. The Bertz CT molecular complexity index is 815. The van der Waals surface area contributed by atoms with Gasteiger partial charge in [-0.25, -0.2) is 4.39 Å². The Kier molecular flexibility index (Phi) is 5.16. The van der Waals surface area contributed by atoms with Crippen LogP contribution in [0.1, 0.15) is 17.5 Å². The lowest BCUT2D eigenvalue weighted by molar-refractivity contribution is -0.143. The van der Waals surface area contributed by atoms with Crippen molar-refractivity contribution in [3.8, 4) is 0 Å². The van der Waals surface area contributed by atoms with Crippen molar-refractivity contribution in [1.82, 2.24) is 9.80 Å². The zero-order chi connectivity index (χ0) is 18.6. The molecule has 0 spiro atoms. The van der Waals surface area contributed by atoms with E-state index in [1.165, 1.54) is 17.7 Å². The van der Waals surface area contributed by atoms with Crippen molar-refractivity contribution < 1.29 is 14.0 Å². The summed E-state index contributed by atoms with van der Waals surface area (Å²) in [7, 11) is 0. The molecule has 1 atom stereocenters. The molecule has 5 nitrogen and oxygen atoms in total. The summed E-state index contributed by atoms with van der Waals surface area (Å²) in [6.07, 6.45) is -0.153. The summed E-state index contributed by atoms with van der Waals surface area (Å²) in [5, 5.41) is 4.04. The van der Waals surface area contributed by atoms with E-state index in [-0.39, 0.29) is 11.7 Å². The van der Waals surface area contributed by atoms with E-state index in [4.69, 9.17) is 4.84 Å². The Labute approximate surface area is 158 Å². The number of rotatable bonds is 4. The van der Waals surface area contributed by atoms with Crippen LogP contribution in [0.25, 0.3) is 0 Å². The first-order valence-electron chi connectivity index (χ1n) is 9.23. The highest BCUT2D eigenvalue weighted by molar-refractivity contribution is 6.04. The van der Waals surface area contributed by atoms with Gasteiger partial charge < -0.3 is 9.74 Å². The van der Waals surface area contributed by atoms with Crippen LogP contribution in [0.15, 0.2) is 59.8 Å². The zero-order valence-electron chi connectivity index (χ0n) is 15.1. The fourth-order valence-corrected chi connectivity index (χ4v) is 3.49. The number of benzene rings is 2. The minimum Gasteiger partial charge on any atom is -0.382 e. The van der Waals surface area contributed by atoms with Crippen LogP contribution < -0.4 is 0 Å². The summed E-state index contributed by atoms with van der Waals surface area (Å²) in [6.45, 7) is 3.98. The van der Waals surface area contributed by atoms with Gasteiger partial charge in [0.05, 0.1) is 5.71 Å². The van der Waals surface area contributed by atoms with Crippen molar-refractivity contribution in [3.63, 3.8) is 0 Å². The molecule has 6 heteroatoms. The van der Waals surface area contributed by atoms with E-state index in [2.05, 4.69) is 22.2 Å². The molecule has 140 valence electrons. The molecule has 1 amide bonds. The molecule has 0 unspecified atom stereocenters. The second kappa shape index (κ2) is 7.88. The minimum atomic E-state index is -0.578. The minimum absolute atomic E-state index is 0.0183. The highest BCUT2D eigenvalue weighted by Gasteiger charge is 2.33. The smallest absolute Gasteiger partial charge is 0.266 e. The summed E-state index contributed by atoms with van der Waals surface area (Å²) in [6, 6.07) is 16.5. The molecule has 4 rings (SSSR count). The predicted molar refractivity (Wildman–Crippen MR) is 101 cm³/mol. The van der Waals surface area contributed by atoms with E-state index in [0.29, 0.717) is 25.2 Å². The first-order chi connectivity index (χ1) is 13.2. The van der Waals surface area contributed by atoms with Gasteiger partial charge in [0, 0.05) is 39.1 Å². The van der Waals surface area contributed by atoms with E-state index in [1.807, 2.05) is 23.1 Å². The van der Waals surface area contributed by atoms with Crippen molar-refractivity contribution in [2.45, 2.75) is 19.1 Å². The van der Waals surface area contributed by atoms with Crippen LogP contribution in [-0.4, -0.2) is 53.7 Å². The quantitative estimate of drug-likeness (QED) is 0.835. The fraction of sp³-hybridized carbons (Fsp3) is 0.333. The van der Waals surface area contributed by atoms with E-state index in [1.54, 1.807) is 12.1 Å². The number of carbonyl (C=O) groups is 1. The first kappa shape index (κ1) is 17.7. The van der Waals surface area contributed by atoms with Gasteiger partial charge in [0.2, 0.25) is 6.10 Å². The number of halogens is 1. The van der Waals surface area contributed by atoms with Gasteiger partial charge in [0.15, 0.2) is 0 Å². The molecule has 0 saturated carbocycles. The predicted octanol–water partition coefficient (Wildman–Crippen LogP) is 2.66. The van der Waals surface area contributed by atoms with Gasteiger partial charge in [-0.3, -0.25) is 9.69 Å². The van der Waals surface area contributed by atoms with Crippen LogP contribution in [0.3, 0.4) is 0 Å². The van der Waals surface area contributed by atoms with Gasteiger partial charge in [0.1, 0.15) is 5.82 Å². The molecule has 0 bridgehead atoms. The monoisotopic (exact) mass is 367 g/mol. The average Bonchev–Trinajstić information content (AvgIpc) is 3.20. The molecule has 2 aliphatic rings. The van der Waals surface area contributed by atoms with E-state index in [0.717, 1.165) is 25.2 Å². The molecule has 1 fully saturated rings. The number of nitrogens with zero attached hydrogens (tertiary/aromatic N) is 3. The van der Waals surface area contributed by atoms with E-state index < -0.39 is 6.10 Å². The normalized spacial score (nSPS) is 20.3. The Morgan fingerprint density at radius 2 is 1.74 bits per heavy atom. The van der Waals surface area contributed by atoms with Crippen molar-refractivity contribution in [2.24, 2.45) is 5.16 Å². The summed E-state index contributed by atoms with van der Waals surface area (Å²) >= 11 is 0. The largest absolute Gasteiger partial charge is 0.382 e. The van der Waals surface area contributed by atoms with Crippen molar-refractivity contribution >= 4 is 11.6 Å². The lowest BCUT2D eigenvalue weighted by Crippen LogP contribution is -2.51. The van der Waals surface area contributed by atoms with Crippen LogP contribution in [-0.2, 0) is 16.2 Å². The summed E-state index contributed by atoms with van der Waals surface area (Å²) in [4.78, 5) is 22.3. The van der Waals surface area contributed by atoms with Gasteiger partial charge in [-0.1, -0.05) is 47.6 Å². The lowest BCUT2D eigenvalue weighted by atomic mass is 10.0. The number of hydrogen-bond donors (Lipinski definition) is 0. The van der Waals surface area contributed by atoms with Crippen molar-refractivity contribution in [3.05, 3.63) is 71.5 Å². The Balaban J connectivity index is 1.28. The molecule has 2 aliphatic heterocycles. The fourth-order valence-electron chi connectivity index (χ4n) is 3.49. The average molecular weight is 367 g/mol. The molecule has 0 N–H and O–H groups in total. The maximum absolute atomic E-state index is 13.1. The van der Waals surface area contributed by atoms with Crippen LogP contribution in [0, 0.1) is 5.82 Å². The molecule has 0 radical (unpaired) electrons. The van der Waals surface area contributed by atoms with Gasteiger partial charge in [-0.2, -0.15) is 0 Å². The molecular weight excluding hydrogens is 345 g/mol. The van der Waals surface area contributed by atoms with Crippen LogP contribution in [0.5, 0.6) is 0 Å². The first-order valence-corrected chi connectivity index (χ1v) is 9.23. The molecule has 2 aromatic carbocycles. The summed E-state index contributed by atoms with van der Waals surface area (Å²) in [5.74, 6) is -0.311. The van der Waals surface area contributed by atoms with Crippen LogP contribution >= 0.6 is 0 Å². The molecule has 27 heavy (non-hydrogen) atoms. The van der Waals surface area contributed by atoms with Crippen LogP contribution in [0.4, 0.5) is 4.39 Å². The second-order valence-corrected chi connectivity index (χ2v) is 6.93. The Morgan fingerprint density at radius 3 is 2.44 bits per heavy atom. The van der Waals surface area contributed by atoms with Gasteiger partial charge >= 0.3 is 0 Å². The van der Waals surface area contributed by atoms with Gasteiger partial charge in [-0.15, -0.1) is 0 Å². The van der Waals surface area contributed by atoms with Crippen molar-refractivity contribution in [1.29, 1.82) is 0 Å². The van der Waals surface area contributed by atoms with Crippen molar-refractivity contribution in [2.75, 3.05) is 26.2 Å². The zero-order valence-corrected chi connectivity index (χ0v) is 15.1.